The maximum absolute atomic E-state index is 14.1. The van der Waals surface area contributed by atoms with Crippen LogP contribution in [0.2, 0.25) is 0 Å². The molecule has 1 aromatic carbocycles. The van der Waals surface area contributed by atoms with Gasteiger partial charge in [0.1, 0.15) is 5.82 Å². The summed E-state index contributed by atoms with van der Waals surface area (Å²) in [4.78, 5) is 4.09. The molecule has 3 rings (SSSR count). The normalized spacial score (nSPS) is 17.0. The largest absolute Gasteiger partial charge is 0.334 e. The van der Waals surface area contributed by atoms with Crippen molar-refractivity contribution in [3.8, 4) is 11.5 Å². The van der Waals surface area contributed by atoms with Crippen LogP contribution in [0.25, 0.3) is 11.5 Å². The van der Waals surface area contributed by atoms with Gasteiger partial charge in [0.05, 0.1) is 16.0 Å². The molecular formula is C15H19FN4O3S. The molecule has 1 heterocycles. The van der Waals surface area contributed by atoms with Crippen LogP contribution in [0, 0.1) is 5.82 Å². The first-order chi connectivity index (χ1) is 11.2. The highest BCUT2D eigenvalue weighted by Crippen LogP contribution is 2.38. The predicted octanol–water partition coefficient (Wildman–Crippen LogP) is 1.90. The Balaban J connectivity index is 1.98. The van der Waals surface area contributed by atoms with Crippen molar-refractivity contribution in [2.24, 2.45) is 5.73 Å². The van der Waals surface area contributed by atoms with Crippen LogP contribution in [-0.4, -0.2) is 24.6 Å². The minimum Gasteiger partial charge on any atom is -0.334 e. The fraction of sp³-hybridized carbons (Fsp3) is 0.467. The zero-order valence-corrected chi connectivity index (χ0v) is 14.2. The average Bonchev–Trinajstić information content (AvgIpc) is 2.93. The monoisotopic (exact) mass is 354 g/mol. The third-order valence-electron chi connectivity index (χ3n) is 3.99. The van der Waals surface area contributed by atoms with E-state index in [9.17, 15) is 12.8 Å². The van der Waals surface area contributed by atoms with Crippen molar-refractivity contribution < 1.29 is 17.3 Å². The number of nitrogens with one attached hydrogen (secondary N) is 1. The van der Waals surface area contributed by atoms with E-state index in [0.29, 0.717) is 5.82 Å². The first-order valence-electron chi connectivity index (χ1n) is 7.67. The summed E-state index contributed by atoms with van der Waals surface area (Å²) >= 11 is 0. The maximum Gasteiger partial charge on any atom is 0.261 e. The number of nitrogens with zero attached hydrogens (tertiary/aromatic N) is 2. The molecule has 1 aliphatic rings. The summed E-state index contributed by atoms with van der Waals surface area (Å²) in [6.07, 6.45) is 2.45. The van der Waals surface area contributed by atoms with Crippen molar-refractivity contribution in [2.75, 3.05) is 0 Å². The van der Waals surface area contributed by atoms with Gasteiger partial charge in [-0.15, -0.1) is 0 Å². The van der Waals surface area contributed by atoms with Gasteiger partial charge >= 0.3 is 0 Å². The van der Waals surface area contributed by atoms with E-state index < -0.39 is 21.4 Å². The van der Waals surface area contributed by atoms with E-state index in [1.807, 2.05) is 0 Å². The molecule has 0 aliphatic heterocycles. The van der Waals surface area contributed by atoms with Gasteiger partial charge < -0.3 is 10.3 Å². The van der Waals surface area contributed by atoms with E-state index in [1.54, 1.807) is 13.8 Å². The Kier molecular flexibility index (Phi) is 4.18. The number of hydrogen-bond donors (Lipinski definition) is 2. The first kappa shape index (κ1) is 17.0. The zero-order valence-electron chi connectivity index (χ0n) is 13.4. The molecule has 2 aromatic rings. The van der Waals surface area contributed by atoms with Gasteiger partial charge in [-0.05, 0) is 51.3 Å². The van der Waals surface area contributed by atoms with Crippen LogP contribution in [0.4, 0.5) is 4.39 Å². The highest BCUT2D eigenvalue weighted by atomic mass is 32.2. The second-order valence-electron chi connectivity index (χ2n) is 6.35. The first-order valence-corrected chi connectivity index (χ1v) is 9.15. The average molecular weight is 354 g/mol. The number of nitrogens with two attached hydrogens (primary N) is 1. The van der Waals surface area contributed by atoms with Crippen molar-refractivity contribution >= 4 is 10.0 Å². The number of halogens is 1. The molecule has 0 amide bonds. The van der Waals surface area contributed by atoms with Crippen molar-refractivity contribution in [2.45, 2.75) is 49.6 Å². The van der Waals surface area contributed by atoms with Gasteiger partial charge in [-0.3, -0.25) is 0 Å². The Bertz CT molecular complexity index is 859. The molecule has 0 saturated heterocycles. The highest BCUT2D eigenvalue weighted by molar-refractivity contribution is 7.89. The third kappa shape index (κ3) is 3.06. The number of sulfonamides is 1. The van der Waals surface area contributed by atoms with E-state index in [4.69, 9.17) is 10.3 Å². The molecule has 130 valence electrons. The van der Waals surface area contributed by atoms with Gasteiger partial charge in [-0.1, -0.05) is 5.16 Å². The Labute approximate surface area is 139 Å². The zero-order chi connectivity index (χ0) is 17.5. The molecule has 9 heteroatoms. The SMILES string of the molecule is CC(C)NS(=O)(=O)c1ccc(F)c(-c2nc(C3(N)CCC3)no2)c1. The second kappa shape index (κ2) is 5.91. The molecule has 0 radical (unpaired) electrons. The Morgan fingerprint density at radius 1 is 1.38 bits per heavy atom. The summed E-state index contributed by atoms with van der Waals surface area (Å²) in [7, 11) is -3.75. The summed E-state index contributed by atoms with van der Waals surface area (Å²) < 4.78 is 46.2. The smallest absolute Gasteiger partial charge is 0.261 e. The Morgan fingerprint density at radius 2 is 2.08 bits per heavy atom. The molecule has 7 nitrogen and oxygen atoms in total. The number of benzene rings is 1. The lowest BCUT2D eigenvalue weighted by atomic mass is 9.77. The summed E-state index contributed by atoms with van der Waals surface area (Å²) in [5, 5.41) is 3.82. The Morgan fingerprint density at radius 3 is 2.67 bits per heavy atom. The van der Waals surface area contributed by atoms with Crippen LogP contribution in [-0.2, 0) is 15.6 Å². The molecule has 24 heavy (non-hydrogen) atoms. The van der Waals surface area contributed by atoms with E-state index in [0.717, 1.165) is 25.3 Å². The second-order valence-corrected chi connectivity index (χ2v) is 8.06. The molecule has 0 unspecified atom stereocenters. The molecule has 0 spiro atoms. The molecular weight excluding hydrogens is 335 g/mol. The minimum absolute atomic E-state index is 0.0664. The predicted molar refractivity (Wildman–Crippen MR) is 84.9 cm³/mol. The fourth-order valence-electron chi connectivity index (χ4n) is 2.53. The van der Waals surface area contributed by atoms with Crippen LogP contribution in [0.15, 0.2) is 27.6 Å². The van der Waals surface area contributed by atoms with E-state index >= 15 is 0 Å². The van der Waals surface area contributed by atoms with Crippen LogP contribution in [0.3, 0.4) is 0 Å². The van der Waals surface area contributed by atoms with Crippen LogP contribution >= 0.6 is 0 Å². The molecule has 3 N–H and O–H groups in total. The van der Waals surface area contributed by atoms with Crippen LogP contribution in [0.1, 0.15) is 38.9 Å². The Hall–Kier alpha value is -1.84. The van der Waals surface area contributed by atoms with Gasteiger partial charge in [0.25, 0.3) is 5.89 Å². The number of aromatic nitrogens is 2. The van der Waals surface area contributed by atoms with E-state index in [1.165, 1.54) is 12.1 Å². The lowest BCUT2D eigenvalue weighted by Gasteiger charge is -2.34. The summed E-state index contributed by atoms with van der Waals surface area (Å²) in [5.41, 5.74) is 5.42. The fourth-order valence-corrected chi connectivity index (χ4v) is 3.81. The standard InChI is InChI=1S/C15H19FN4O3S/c1-9(2)20-24(21,22)10-4-5-12(16)11(8-10)13-18-14(19-23-13)15(17)6-3-7-15/h4-5,8-9,20H,3,6-7,17H2,1-2H3. The molecule has 1 aromatic heterocycles. The molecule has 1 saturated carbocycles. The summed E-state index contributed by atoms with van der Waals surface area (Å²) in [5.74, 6) is -0.411. The molecule has 0 bridgehead atoms. The summed E-state index contributed by atoms with van der Waals surface area (Å²) in [6, 6.07) is 3.16. The van der Waals surface area contributed by atoms with E-state index in [2.05, 4.69) is 14.9 Å². The van der Waals surface area contributed by atoms with Gasteiger partial charge in [0.15, 0.2) is 5.82 Å². The van der Waals surface area contributed by atoms with Crippen molar-refractivity contribution in [3.05, 3.63) is 29.8 Å². The number of hydrogen-bond acceptors (Lipinski definition) is 6. The van der Waals surface area contributed by atoms with Gasteiger partial charge in [0.2, 0.25) is 10.0 Å². The topological polar surface area (TPSA) is 111 Å². The number of rotatable bonds is 5. The van der Waals surface area contributed by atoms with Crippen molar-refractivity contribution in [1.29, 1.82) is 0 Å². The van der Waals surface area contributed by atoms with Crippen molar-refractivity contribution in [1.82, 2.24) is 14.9 Å². The van der Waals surface area contributed by atoms with Crippen LogP contribution in [0.5, 0.6) is 0 Å². The van der Waals surface area contributed by atoms with E-state index in [-0.39, 0.29) is 22.4 Å². The van der Waals surface area contributed by atoms with Gasteiger partial charge in [-0.25, -0.2) is 17.5 Å². The van der Waals surface area contributed by atoms with Crippen molar-refractivity contribution in [3.63, 3.8) is 0 Å². The molecule has 0 atom stereocenters. The maximum atomic E-state index is 14.1. The highest BCUT2D eigenvalue weighted by Gasteiger charge is 2.39. The van der Waals surface area contributed by atoms with Gasteiger partial charge in [0, 0.05) is 6.04 Å². The third-order valence-corrected chi connectivity index (χ3v) is 5.64. The molecule has 1 fully saturated rings. The molecule has 1 aliphatic carbocycles. The lowest BCUT2D eigenvalue weighted by molar-refractivity contribution is 0.229. The van der Waals surface area contributed by atoms with Crippen LogP contribution < -0.4 is 10.5 Å². The minimum atomic E-state index is -3.75. The van der Waals surface area contributed by atoms with Gasteiger partial charge in [-0.2, -0.15) is 4.98 Å². The summed E-state index contributed by atoms with van der Waals surface area (Å²) in [6.45, 7) is 3.40. The quantitative estimate of drug-likeness (QED) is 0.848. The lowest BCUT2D eigenvalue weighted by Crippen LogP contribution is -2.44.